The molecule has 0 aromatic heterocycles. The molecule has 18 heavy (non-hydrogen) atoms. The van der Waals surface area contributed by atoms with Crippen molar-refractivity contribution in [3.8, 4) is 0 Å². The van der Waals surface area contributed by atoms with Gasteiger partial charge < -0.3 is 4.74 Å². The van der Waals surface area contributed by atoms with Crippen molar-refractivity contribution in [2.75, 3.05) is 13.1 Å². The zero-order chi connectivity index (χ0) is 13.2. The SMILES string of the molecule is C[C@@H]1CN(S(=O)(=O)Cc2ccccc2)C[C@@H](C)O1. The molecule has 5 heteroatoms. The van der Waals surface area contributed by atoms with Crippen molar-refractivity contribution in [1.82, 2.24) is 4.31 Å². The first-order valence-electron chi connectivity index (χ1n) is 6.14. The third-order valence-corrected chi connectivity index (χ3v) is 4.75. The summed E-state index contributed by atoms with van der Waals surface area (Å²) >= 11 is 0. The molecule has 0 bridgehead atoms. The fourth-order valence-corrected chi connectivity index (χ4v) is 3.90. The van der Waals surface area contributed by atoms with E-state index >= 15 is 0 Å². The molecular formula is C13H19NO3S. The van der Waals surface area contributed by atoms with Gasteiger partial charge >= 0.3 is 0 Å². The summed E-state index contributed by atoms with van der Waals surface area (Å²) in [6.45, 7) is 4.69. The Balaban J connectivity index is 2.11. The van der Waals surface area contributed by atoms with Gasteiger partial charge in [-0.15, -0.1) is 0 Å². The minimum atomic E-state index is -3.25. The normalized spacial score (nSPS) is 26.1. The molecule has 2 rings (SSSR count). The molecule has 0 spiro atoms. The van der Waals surface area contributed by atoms with Gasteiger partial charge in [-0.05, 0) is 19.4 Å². The molecule has 1 aromatic rings. The van der Waals surface area contributed by atoms with Gasteiger partial charge in [0.1, 0.15) is 0 Å². The average molecular weight is 269 g/mol. The molecule has 0 unspecified atom stereocenters. The van der Waals surface area contributed by atoms with E-state index in [1.165, 1.54) is 0 Å². The van der Waals surface area contributed by atoms with Crippen LogP contribution in [0, 0.1) is 0 Å². The van der Waals surface area contributed by atoms with E-state index in [0.717, 1.165) is 5.56 Å². The predicted molar refractivity (Wildman–Crippen MR) is 70.6 cm³/mol. The van der Waals surface area contributed by atoms with Crippen LogP contribution >= 0.6 is 0 Å². The van der Waals surface area contributed by atoms with Crippen LogP contribution in [0.5, 0.6) is 0 Å². The molecule has 1 aliphatic rings. The highest BCUT2D eigenvalue weighted by molar-refractivity contribution is 7.88. The molecule has 0 saturated carbocycles. The van der Waals surface area contributed by atoms with Crippen LogP contribution in [-0.2, 0) is 20.5 Å². The van der Waals surface area contributed by atoms with E-state index in [4.69, 9.17) is 4.74 Å². The molecule has 4 nitrogen and oxygen atoms in total. The molecule has 0 radical (unpaired) electrons. The van der Waals surface area contributed by atoms with Gasteiger partial charge in [-0.2, -0.15) is 4.31 Å². The fourth-order valence-electron chi connectivity index (χ4n) is 2.23. The Hall–Kier alpha value is -0.910. The van der Waals surface area contributed by atoms with E-state index in [2.05, 4.69) is 0 Å². The maximum atomic E-state index is 12.3. The second-order valence-corrected chi connectivity index (χ2v) is 6.79. The minimum Gasteiger partial charge on any atom is -0.373 e. The van der Waals surface area contributed by atoms with Crippen LogP contribution in [0.1, 0.15) is 19.4 Å². The van der Waals surface area contributed by atoms with Gasteiger partial charge in [0.15, 0.2) is 0 Å². The number of nitrogens with zero attached hydrogens (tertiary/aromatic N) is 1. The lowest BCUT2D eigenvalue weighted by molar-refractivity contribution is -0.0441. The third kappa shape index (κ3) is 3.31. The van der Waals surface area contributed by atoms with Gasteiger partial charge in [0.2, 0.25) is 10.0 Å². The lowest BCUT2D eigenvalue weighted by Crippen LogP contribution is -2.48. The molecule has 1 fully saturated rings. The summed E-state index contributed by atoms with van der Waals surface area (Å²) in [5.74, 6) is 0.0628. The van der Waals surface area contributed by atoms with E-state index < -0.39 is 10.0 Å². The van der Waals surface area contributed by atoms with Gasteiger partial charge in [0, 0.05) is 13.1 Å². The van der Waals surface area contributed by atoms with E-state index in [0.29, 0.717) is 13.1 Å². The average Bonchev–Trinajstić information content (AvgIpc) is 2.28. The smallest absolute Gasteiger partial charge is 0.218 e. The quantitative estimate of drug-likeness (QED) is 0.838. The summed E-state index contributed by atoms with van der Waals surface area (Å²) in [4.78, 5) is 0. The molecule has 0 amide bonds. The first-order chi connectivity index (χ1) is 8.47. The van der Waals surface area contributed by atoms with E-state index in [9.17, 15) is 8.42 Å². The fraction of sp³-hybridized carbons (Fsp3) is 0.538. The molecule has 1 aliphatic heterocycles. The second kappa shape index (κ2) is 5.38. The summed E-state index contributed by atoms with van der Waals surface area (Å²) in [6, 6.07) is 9.27. The van der Waals surface area contributed by atoms with Gasteiger partial charge in [0.05, 0.1) is 18.0 Å². The van der Waals surface area contributed by atoms with Crippen LogP contribution in [0.25, 0.3) is 0 Å². The number of rotatable bonds is 3. The summed E-state index contributed by atoms with van der Waals surface area (Å²) in [5, 5.41) is 0. The topological polar surface area (TPSA) is 46.6 Å². The Morgan fingerprint density at radius 3 is 2.28 bits per heavy atom. The maximum absolute atomic E-state index is 12.3. The van der Waals surface area contributed by atoms with Crippen molar-refractivity contribution in [2.24, 2.45) is 0 Å². The van der Waals surface area contributed by atoms with Gasteiger partial charge in [-0.25, -0.2) is 8.42 Å². The van der Waals surface area contributed by atoms with E-state index in [-0.39, 0.29) is 18.0 Å². The molecule has 1 saturated heterocycles. The Labute approximate surface area is 109 Å². The number of morpholine rings is 1. The highest BCUT2D eigenvalue weighted by Crippen LogP contribution is 2.17. The molecule has 0 N–H and O–H groups in total. The molecule has 0 aliphatic carbocycles. The largest absolute Gasteiger partial charge is 0.373 e. The molecule has 100 valence electrons. The molecule has 1 aromatic carbocycles. The van der Waals surface area contributed by atoms with E-state index in [1.807, 2.05) is 44.2 Å². The number of hydrogen-bond donors (Lipinski definition) is 0. The summed E-state index contributed by atoms with van der Waals surface area (Å²) in [5.41, 5.74) is 0.823. The molecule has 1 heterocycles. The zero-order valence-corrected chi connectivity index (χ0v) is 11.6. The number of benzene rings is 1. The van der Waals surface area contributed by atoms with Crippen LogP contribution in [-0.4, -0.2) is 38.0 Å². The summed E-state index contributed by atoms with van der Waals surface area (Å²) < 4.78 is 31.7. The standard InChI is InChI=1S/C13H19NO3S/c1-11-8-14(9-12(2)17-11)18(15,16)10-13-6-4-3-5-7-13/h3-7,11-12H,8-10H2,1-2H3/t11-,12-/m1/s1. The van der Waals surface area contributed by atoms with Crippen LogP contribution in [0.15, 0.2) is 30.3 Å². The van der Waals surface area contributed by atoms with Crippen molar-refractivity contribution < 1.29 is 13.2 Å². The summed E-state index contributed by atoms with van der Waals surface area (Å²) in [7, 11) is -3.25. The number of ether oxygens (including phenoxy) is 1. The van der Waals surface area contributed by atoms with Crippen LogP contribution in [0.2, 0.25) is 0 Å². The third-order valence-electron chi connectivity index (χ3n) is 2.97. The van der Waals surface area contributed by atoms with Crippen molar-refractivity contribution in [1.29, 1.82) is 0 Å². The lowest BCUT2D eigenvalue weighted by atomic mass is 10.2. The van der Waals surface area contributed by atoms with Crippen LogP contribution in [0.4, 0.5) is 0 Å². The summed E-state index contributed by atoms with van der Waals surface area (Å²) in [6.07, 6.45) is -0.0846. The Morgan fingerprint density at radius 1 is 1.17 bits per heavy atom. The predicted octanol–water partition coefficient (Wildman–Crippen LogP) is 1.63. The van der Waals surface area contributed by atoms with Crippen LogP contribution in [0.3, 0.4) is 0 Å². The number of sulfonamides is 1. The van der Waals surface area contributed by atoms with Crippen molar-refractivity contribution in [3.63, 3.8) is 0 Å². The Bertz CT molecular complexity index is 476. The Kier molecular flexibility index (Phi) is 4.04. The zero-order valence-electron chi connectivity index (χ0n) is 10.7. The van der Waals surface area contributed by atoms with Gasteiger partial charge in [-0.3, -0.25) is 0 Å². The first-order valence-corrected chi connectivity index (χ1v) is 7.75. The van der Waals surface area contributed by atoms with Gasteiger partial charge in [0.25, 0.3) is 0 Å². The first kappa shape index (κ1) is 13.5. The minimum absolute atomic E-state index is 0.0423. The molecular weight excluding hydrogens is 250 g/mol. The van der Waals surface area contributed by atoms with Crippen LogP contribution < -0.4 is 0 Å². The number of hydrogen-bond acceptors (Lipinski definition) is 3. The lowest BCUT2D eigenvalue weighted by Gasteiger charge is -2.34. The molecule has 2 atom stereocenters. The maximum Gasteiger partial charge on any atom is 0.218 e. The Morgan fingerprint density at radius 2 is 1.72 bits per heavy atom. The highest BCUT2D eigenvalue weighted by Gasteiger charge is 2.30. The van der Waals surface area contributed by atoms with Gasteiger partial charge in [-0.1, -0.05) is 30.3 Å². The van der Waals surface area contributed by atoms with Crippen molar-refractivity contribution >= 4 is 10.0 Å². The van der Waals surface area contributed by atoms with Crippen molar-refractivity contribution in [3.05, 3.63) is 35.9 Å². The monoisotopic (exact) mass is 269 g/mol. The second-order valence-electron chi connectivity index (χ2n) is 4.82. The highest BCUT2D eigenvalue weighted by atomic mass is 32.2. The van der Waals surface area contributed by atoms with Crippen molar-refractivity contribution in [2.45, 2.75) is 31.8 Å². The van der Waals surface area contributed by atoms with E-state index in [1.54, 1.807) is 4.31 Å².